The topological polar surface area (TPSA) is 79.8 Å². The highest BCUT2D eigenvalue weighted by atomic mass is 35.5. The van der Waals surface area contributed by atoms with Crippen molar-refractivity contribution in [3.63, 3.8) is 0 Å². The summed E-state index contributed by atoms with van der Waals surface area (Å²) in [5.74, 6) is 0.238. The Morgan fingerprint density at radius 2 is 1.74 bits per heavy atom. The van der Waals surface area contributed by atoms with Gasteiger partial charge in [-0.25, -0.2) is 14.4 Å². The molecule has 2 N–H and O–H groups in total. The second-order valence-electron chi connectivity index (χ2n) is 7.72. The van der Waals surface area contributed by atoms with Crippen LogP contribution in [0.4, 0.5) is 10.3 Å². The lowest BCUT2D eigenvalue weighted by atomic mass is 9.91. The van der Waals surface area contributed by atoms with Gasteiger partial charge in [0.25, 0.3) is 0 Å². The number of anilines is 1. The van der Waals surface area contributed by atoms with Crippen LogP contribution in [0.3, 0.4) is 0 Å². The highest BCUT2D eigenvalue weighted by Crippen LogP contribution is 2.30. The summed E-state index contributed by atoms with van der Waals surface area (Å²) in [6.07, 6.45) is 6.97. The van der Waals surface area contributed by atoms with Crippen molar-refractivity contribution in [2.75, 3.05) is 5.32 Å². The minimum absolute atomic E-state index is 0.0134. The molecule has 8 heteroatoms. The molecule has 0 unspecified atom stereocenters. The number of benzene rings is 1. The monoisotopic (exact) mass is 439 g/mol. The smallest absolute Gasteiger partial charge is 0.223 e. The van der Waals surface area contributed by atoms with Gasteiger partial charge in [-0.2, -0.15) is 0 Å². The number of carbonyl (C=O) groups excluding carboxylic acids is 1. The number of nitrogens with one attached hydrogen (secondary N) is 2. The maximum Gasteiger partial charge on any atom is 0.223 e. The molecule has 31 heavy (non-hydrogen) atoms. The third-order valence-electron chi connectivity index (χ3n) is 5.39. The van der Waals surface area contributed by atoms with Gasteiger partial charge in [0.1, 0.15) is 5.82 Å². The van der Waals surface area contributed by atoms with Crippen molar-refractivity contribution < 1.29 is 9.18 Å². The van der Waals surface area contributed by atoms with Crippen LogP contribution in [-0.2, 0) is 4.79 Å². The first-order valence-electron chi connectivity index (χ1n) is 10.3. The largest absolute Gasteiger partial charge is 0.354 e. The quantitative estimate of drug-likeness (QED) is 0.593. The first-order valence-corrected chi connectivity index (χ1v) is 10.6. The third-order valence-corrected chi connectivity index (χ3v) is 5.66. The van der Waals surface area contributed by atoms with Gasteiger partial charge in [0.05, 0.1) is 22.6 Å². The number of rotatable bonds is 5. The molecule has 1 saturated carbocycles. The Morgan fingerprint density at radius 3 is 2.45 bits per heavy atom. The van der Waals surface area contributed by atoms with E-state index in [1.165, 1.54) is 12.1 Å². The molecule has 0 bridgehead atoms. The average Bonchev–Trinajstić information content (AvgIpc) is 2.77. The molecule has 1 aliphatic carbocycles. The molecule has 0 aliphatic heterocycles. The number of halogens is 2. The van der Waals surface area contributed by atoms with Gasteiger partial charge in [-0.1, -0.05) is 11.6 Å². The van der Waals surface area contributed by atoms with Crippen LogP contribution in [0.1, 0.15) is 32.6 Å². The average molecular weight is 440 g/mol. The number of aromatic nitrogens is 3. The fourth-order valence-corrected chi connectivity index (χ4v) is 4.05. The molecule has 1 amide bonds. The lowest BCUT2D eigenvalue weighted by Crippen LogP contribution is -2.39. The minimum atomic E-state index is -0.291. The van der Waals surface area contributed by atoms with Crippen LogP contribution < -0.4 is 10.6 Å². The van der Waals surface area contributed by atoms with E-state index in [2.05, 4.69) is 25.6 Å². The number of nitrogens with zero attached hydrogens (tertiary/aromatic N) is 3. The summed E-state index contributed by atoms with van der Waals surface area (Å²) >= 11 is 6.40. The van der Waals surface area contributed by atoms with Gasteiger partial charge in [-0.05, 0) is 62.1 Å². The molecule has 1 aromatic carbocycles. The Labute approximate surface area is 185 Å². The molecule has 4 rings (SSSR count). The van der Waals surface area contributed by atoms with Crippen molar-refractivity contribution in [2.24, 2.45) is 0 Å². The van der Waals surface area contributed by atoms with Crippen molar-refractivity contribution in [1.29, 1.82) is 0 Å². The van der Waals surface area contributed by atoms with Crippen molar-refractivity contribution >= 4 is 23.5 Å². The van der Waals surface area contributed by atoms with E-state index in [9.17, 15) is 9.18 Å². The third kappa shape index (κ3) is 5.35. The van der Waals surface area contributed by atoms with Gasteiger partial charge in [0.15, 0.2) is 0 Å². The van der Waals surface area contributed by atoms with E-state index >= 15 is 0 Å². The van der Waals surface area contributed by atoms with Gasteiger partial charge in [0, 0.05) is 36.3 Å². The molecule has 0 radical (unpaired) electrons. The van der Waals surface area contributed by atoms with Gasteiger partial charge >= 0.3 is 0 Å². The maximum absolute atomic E-state index is 13.2. The molecule has 1 fully saturated rings. The summed E-state index contributed by atoms with van der Waals surface area (Å²) in [7, 11) is 0. The first-order chi connectivity index (χ1) is 15.0. The second-order valence-corrected chi connectivity index (χ2v) is 8.13. The van der Waals surface area contributed by atoms with E-state index < -0.39 is 0 Å². The van der Waals surface area contributed by atoms with E-state index in [-0.39, 0.29) is 23.8 Å². The van der Waals surface area contributed by atoms with Crippen LogP contribution in [0.5, 0.6) is 0 Å². The Hall–Kier alpha value is -3.06. The zero-order chi connectivity index (χ0) is 21.8. The van der Waals surface area contributed by atoms with Crippen molar-refractivity contribution in [1.82, 2.24) is 20.3 Å². The maximum atomic E-state index is 13.2. The number of hydrogen-bond acceptors (Lipinski definition) is 5. The predicted octanol–water partition coefficient (Wildman–Crippen LogP) is 4.86. The molecule has 6 nitrogen and oxygen atoms in total. The van der Waals surface area contributed by atoms with E-state index in [4.69, 9.17) is 11.6 Å². The molecule has 0 spiro atoms. The fraction of sp³-hybridized carbons (Fsp3) is 0.304. The van der Waals surface area contributed by atoms with E-state index in [1.807, 2.05) is 12.1 Å². The van der Waals surface area contributed by atoms with E-state index in [0.717, 1.165) is 36.8 Å². The summed E-state index contributed by atoms with van der Waals surface area (Å²) in [4.78, 5) is 24.6. The Kier molecular flexibility index (Phi) is 6.42. The van der Waals surface area contributed by atoms with Crippen LogP contribution in [0.25, 0.3) is 22.5 Å². The van der Waals surface area contributed by atoms with Crippen molar-refractivity contribution in [3.05, 3.63) is 59.6 Å². The van der Waals surface area contributed by atoms with E-state index in [0.29, 0.717) is 22.4 Å². The second kappa shape index (κ2) is 9.39. The van der Waals surface area contributed by atoms with Crippen LogP contribution in [0.15, 0.2) is 48.8 Å². The minimum Gasteiger partial charge on any atom is -0.354 e. The zero-order valence-corrected chi connectivity index (χ0v) is 17.9. The Balaban J connectivity index is 1.50. The van der Waals surface area contributed by atoms with Crippen molar-refractivity contribution in [2.45, 2.75) is 44.7 Å². The number of amides is 1. The predicted molar refractivity (Wildman–Crippen MR) is 119 cm³/mol. The lowest BCUT2D eigenvalue weighted by molar-refractivity contribution is -0.119. The Bertz CT molecular complexity index is 1070. The van der Waals surface area contributed by atoms with Crippen molar-refractivity contribution in [3.8, 4) is 22.5 Å². The number of pyridine rings is 1. The van der Waals surface area contributed by atoms with E-state index in [1.54, 1.807) is 31.5 Å². The lowest BCUT2D eigenvalue weighted by Gasteiger charge is -2.29. The fourth-order valence-electron chi connectivity index (χ4n) is 3.85. The zero-order valence-electron chi connectivity index (χ0n) is 17.1. The van der Waals surface area contributed by atoms with Gasteiger partial charge in [-0.3, -0.25) is 9.78 Å². The normalized spacial score (nSPS) is 18.4. The molecule has 0 atom stereocenters. The molecular weight excluding hydrogens is 417 g/mol. The van der Waals surface area contributed by atoms with Gasteiger partial charge < -0.3 is 10.6 Å². The van der Waals surface area contributed by atoms with Crippen LogP contribution in [0.2, 0.25) is 5.02 Å². The standard InChI is InChI=1S/C23H23ClFN5O/c1-14(31)28-18-6-8-19(9-7-18)29-23-27-13-20(24)22(30-23)16-10-11-26-21(12-16)15-2-4-17(25)5-3-15/h2-5,10-13,18-19H,6-9H2,1H3,(H,28,31)(H,27,29,30)/t18-,19-. The summed E-state index contributed by atoms with van der Waals surface area (Å²) in [6.45, 7) is 1.55. The highest BCUT2D eigenvalue weighted by Gasteiger charge is 2.22. The molecule has 160 valence electrons. The molecular formula is C23H23ClFN5O. The van der Waals surface area contributed by atoms with Crippen LogP contribution in [-0.4, -0.2) is 32.9 Å². The molecule has 0 saturated heterocycles. The van der Waals surface area contributed by atoms with Gasteiger partial charge in [0.2, 0.25) is 11.9 Å². The highest BCUT2D eigenvalue weighted by molar-refractivity contribution is 6.32. The van der Waals surface area contributed by atoms with Gasteiger partial charge in [-0.15, -0.1) is 0 Å². The summed E-state index contributed by atoms with van der Waals surface area (Å²) in [5.41, 5.74) is 2.93. The first kappa shape index (κ1) is 21.2. The molecule has 1 aliphatic rings. The van der Waals surface area contributed by atoms with Crippen LogP contribution in [0, 0.1) is 5.82 Å². The number of carbonyl (C=O) groups is 1. The summed E-state index contributed by atoms with van der Waals surface area (Å²) in [5, 5.41) is 6.82. The summed E-state index contributed by atoms with van der Waals surface area (Å²) in [6, 6.07) is 10.4. The van der Waals surface area contributed by atoms with Crippen LogP contribution >= 0.6 is 11.6 Å². The molecule has 2 aromatic heterocycles. The Morgan fingerprint density at radius 1 is 1.03 bits per heavy atom. The SMILES string of the molecule is CC(=O)N[C@H]1CC[C@H](Nc2ncc(Cl)c(-c3ccnc(-c4ccc(F)cc4)c3)n2)CC1. The summed E-state index contributed by atoms with van der Waals surface area (Å²) < 4.78 is 13.2. The molecule has 2 heterocycles. The number of hydrogen-bond donors (Lipinski definition) is 2. The molecule has 3 aromatic rings.